The van der Waals surface area contributed by atoms with Crippen molar-refractivity contribution in [1.29, 1.82) is 0 Å². The molecule has 0 aliphatic carbocycles. The summed E-state index contributed by atoms with van der Waals surface area (Å²) in [6.07, 6.45) is 4.00. The Bertz CT molecular complexity index is 659. The first-order valence-corrected chi connectivity index (χ1v) is 11.0. The predicted octanol–water partition coefficient (Wildman–Crippen LogP) is 5.30. The second-order valence-electron chi connectivity index (χ2n) is 8.84. The van der Waals surface area contributed by atoms with E-state index in [2.05, 4.69) is 4.90 Å². The van der Waals surface area contributed by atoms with E-state index in [9.17, 15) is 9.18 Å². The Morgan fingerprint density at radius 3 is 2.03 bits per heavy atom. The molecule has 2 heterocycles. The van der Waals surface area contributed by atoms with Crippen LogP contribution in [0.5, 0.6) is 0 Å². The van der Waals surface area contributed by atoms with E-state index in [1.807, 2.05) is 39.5 Å². The third-order valence-electron chi connectivity index (χ3n) is 5.71. The third kappa shape index (κ3) is 6.51. The Labute approximate surface area is 175 Å². The number of halogens is 1. The molecule has 2 aliphatic rings. The van der Waals surface area contributed by atoms with Crippen LogP contribution in [-0.4, -0.2) is 42.8 Å². The van der Waals surface area contributed by atoms with E-state index in [1.165, 1.54) is 6.07 Å². The van der Waals surface area contributed by atoms with Crippen molar-refractivity contribution < 1.29 is 13.9 Å². The molecule has 5 nitrogen and oxygen atoms in total. The average molecular weight is 408 g/mol. The maximum atomic E-state index is 14.2. The number of piperidine rings is 2. The normalized spacial score (nSPS) is 18.8. The Balaban J connectivity index is 0.00000145. The first-order valence-electron chi connectivity index (χ1n) is 11.0. The zero-order valence-electron chi connectivity index (χ0n) is 18.7. The molecule has 0 bridgehead atoms. The Hall–Kier alpha value is -1.98. The van der Waals surface area contributed by atoms with Crippen LogP contribution in [0.4, 0.5) is 20.6 Å². The fraction of sp³-hybridized carbons (Fsp3) is 0.696. The molecule has 1 aromatic rings. The fourth-order valence-electron chi connectivity index (χ4n) is 4.27. The van der Waals surface area contributed by atoms with Gasteiger partial charge >= 0.3 is 6.09 Å². The summed E-state index contributed by atoms with van der Waals surface area (Å²) in [6, 6.07) is 4.94. The number of hydrogen-bond acceptors (Lipinski definition) is 4. The second kappa shape index (κ2) is 10.2. The van der Waals surface area contributed by atoms with E-state index >= 15 is 0 Å². The molecule has 0 unspecified atom stereocenters. The smallest absolute Gasteiger partial charge is 0.410 e. The lowest BCUT2D eigenvalue weighted by Crippen LogP contribution is -2.44. The summed E-state index contributed by atoms with van der Waals surface area (Å²) in [6.45, 7) is 13.0. The van der Waals surface area contributed by atoms with Crippen LogP contribution in [0.25, 0.3) is 0 Å². The lowest BCUT2D eigenvalue weighted by molar-refractivity contribution is 0.0152. The molecule has 0 radical (unpaired) electrons. The van der Waals surface area contributed by atoms with Crippen LogP contribution in [0.3, 0.4) is 0 Å². The highest BCUT2D eigenvalue weighted by atomic mass is 19.1. The number of nitrogen functional groups attached to an aromatic ring is 1. The minimum absolute atomic E-state index is 0.199. The number of nitrogens with zero attached hydrogens (tertiary/aromatic N) is 2. The van der Waals surface area contributed by atoms with Crippen LogP contribution >= 0.6 is 0 Å². The zero-order valence-corrected chi connectivity index (χ0v) is 18.7. The van der Waals surface area contributed by atoms with Crippen LogP contribution in [-0.2, 0) is 4.74 Å². The van der Waals surface area contributed by atoms with Crippen molar-refractivity contribution >= 4 is 17.5 Å². The molecule has 1 amide bonds. The van der Waals surface area contributed by atoms with Crippen molar-refractivity contribution in [2.45, 2.75) is 65.9 Å². The van der Waals surface area contributed by atoms with Gasteiger partial charge in [-0.25, -0.2) is 9.18 Å². The molecule has 2 saturated heterocycles. The SMILES string of the molecule is CC.CC(C)(C)OC(=O)N1CCC(C2CCN(c3ccc(N)cc3F)CC2)CC1. The summed E-state index contributed by atoms with van der Waals surface area (Å²) in [4.78, 5) is 16.2. The van der Waals surface area contributed by atoms with E-state index in [0.29, 0.717) is 23.2 Å². The fourth-order valence-corrected chi connectivity index (χ4v) is 4.27. The summed E-state index contributed by atoms with van der Waals surface area (Å²) in [7, 11) is 0. The highest BCUT2D eigenvalue weighted by molar-refractivity contribution is 5.68. The number of rotatable bonds is 2. The minimum atomic E-state index is -0.446. The van der Waals surface area contributed by atoms with Gasteiger partial charge in [0.15, 0.2) is 0 Å². The molecule has 0 spiro atoms. The number of amides is 1. The number of hydrogen-bond donors (Lipinski definition) is 1. The Morgan fingerprint density at radius 2 is 1.55 bits per heavy atom. The molecule has 2 aliphatic heterocycles. The zero-order chi connectivity index (χ0) is 21.6. The molecule has 164 valence electrons. The number of carbonyl (C=O) groups is 1. The summed E-state index contributed by atoms with van der Waals surface area (Å²) in [5, 5.41) is 0. The van der Waals surface area contributed by atoms with Gasteiger partial charge in [0, 0.05) is 31.9 Å². The van der Waals surface area contributed by atoms with Crippen molar-refractivity contribution in [2.24, 2.45) is 11.8 Å². The summed E-state index contributed by atoms with van der Waals surface area (Å²) in [5.74, 6) is 1.06. The molecule has 2 N–H and O–H groups in total. The van der Waals surface area contributed by atoms with Crippen LogP contribution in [0.15, 0.2) is 18.2 Å². The maximum Gasteiger partial charge on any atom is 0.410 e. The molecule has 29 heavy (non-hydrogen) atoms. The van der Waals surface area contributed by atoms with Crippen molar-refractivity contribution in [3.8, 4) is 0 Å². The van der Waals surface area contributed by atoms with Gasteiger partial charge in [0.05, 0.1) is 5.69 Å². The maximum absolute atomic E-state index is 14.2. The molecular formula is C23H38FN3O2. The molecule has 0 aromatic heterocycles. The van der Waals surface area contributed by atoms with Crippen molar-refractivity contribution in [1.82, 2.24) is 4.90 Å². The molecule has 1 aromatic carbocycles. The highest BCUT2D eigenvalue weighted by Gasteiger charge is 2.32. The van der Waals surface area contributed by atoms with Gasteiger partial charge in [-0.15, -0.1) is 0 Å². The van der Waals surface area contributed by atoms with E-state index in [0.717, 1.165) is 51.9 Å². The number of benzene rings is 1. The predicted molar refractivity (Wildman–Crippen MR) is 118 cm³/mol. The van der Waals surface area contributed by atoms with Crippen molar-refractivity contribution in [3.05, 3.63) is 24.0 Å². The van der Waals surface area contributed by atoms with Crippen molar-refractivity contribution in [2.75, 3.05) is 36.8 Å². The van der Waals surface area contributed by atoms with Crippen LogP contribution in [0.1, 0.15) is 60.3 Å². The standard InChI is InChI=1S/C21H32FN3O2.C2H6/c1-21(2,3)27-20(26)25-12-8-16(9-13-25)15-6-10-24(11-7-15)19-5-4-17(23)14-18(19)22;1-2/h4-5,14-16H,6-13,23H2,1-3H3;1-2H3. The summed E-state index contributed by atoms with van der Waals surface area (Å²) >= 11 is 0. The number of anilines is 2. The van der Waals surface area contributed by atoms with Gasteiger partial charge in [-0.05, 0) is 76.5 Å². The van der Waals surface area contributed by atoms with E-state index < -0.39 is 5.60 Å². The summed E-state index contributed by atoms with van der Waals surface area (Å²) in [5.41, 5.74) is 6.32. The van der Waals surface area contributed by atoms with Crippen molar-refractivity contribution in [3.63, 3.8) is 0 Å². The van der Waals surface area contributed by atoms with Crippen LogP contribution in [0, 0.1) is 17.7 Å². The molecule has 2 fully saturated rings. The van der Waals surface area contributed by atoms with Gasteiger partial charge in [-0.2, -0.15) is 0 Å². The molecule has 0 atom stereocenters. The number of carbonyl (C=O) groups excluding carboxylic acids is 1. The molecule has 0 saturated carbocycles. The van der Waals surface area contributed by atoms with Gasteiger partial charge in [-0.1, -0.05) is 13.8 Å². The third-order valence-corrected chi connectivity index (χ3v) is 5.71. The number of ether oxygens (including phenoxy) is 1. The largest absolute Gasteiger partial charge is 0.444 e. The second-order valence-corrected chi connectivity index (χ2v) is 8.84. The topological polar surface area (TPSA) is 58.8 Å². The molecule has 6 heteroatoms. The van der Waals surface area contributed by atoms with Gasteiger partial charge in [0.1, 0.15) is 11.4 Å². The lowest BCUT2D eigenvalue weighted by atomic mass is 9.79. The quantitative estimate of drug-likeness (QED) is 0.676. The number of nitrogens with two attached hydrogens (primary N) is 1. The summed E-state index contributed by atoms with van der Waals surface area (Å²) < 4.78 is 19.6. The van der Waals surface area contributed by atoms with E-state index in [1.54, 1.807) is 12.1 Å². The Kier molecular flexibility index (Phi) is 8.17. The minimum Gasteiger partial charge on any atom is -0.444 e. The molecule has 3 rings (SSSR count). The lowest BCUT2D eigenvalue weighted by Gasteiger charge is -2.41. The monoisotopic (exact) mass is 407 g/mol. The Morgan fingerprint density at radius 1 is 1.03 bits per heavy atom. The van der Waals surface area contributed by atoms with Gasteiger partial charge in [-0.3, -0.25) is 0 Å². The van der Waals surface area contributed by atoms with Crippen LogP contribution in [0.2, 0.25) is 0 Å². The highest BCUT2D eigenvalue weighted by Crippen LogP contribution is 2.35. The molecular weight excluding hydrogens is 369 g/mol. The van der Waals surface area contributed by atoms with Crippen LogP contribution < -0.4 is 10.6 Å². The van der Waals surface area contributed by atoms with E-state index in [-0.39, 0.29) is 11.9 Å². The average Bonchev–Trinajstić information content (AvgIpc) is 2.69. The van der Waals surface area contributed by atoms with Gasteiger partial charge < -0.3 is 20.3 Å². The first kappa shape index (κ1) is 23.3. The number of likely N-dealkylation sites (tertiary alicyclic amines) is 1. The first-order chi connectivity index (χ1) is 13.7. The van der Waals surface area contributed by atoms with Gasteiger partial charge in [0.2, 0.25) is 0 Å². The van der Waals surface area contributed by atoms with E-state index in [4.69, 9.17) is 10.5 Å². The van der Waals surface area contributed by atoms with Gasteiger partial charge in [0.25, 0.3) is 0 Å².